The first kappa shape index (κ1) is 12.9. The minimum atomic E-state index is -0.334. The number of methoxy groups -OCH3 is 1. The lowest BCUT2D eigenvalue weighted by atomic mass is 10.2. The Morgan fingerprint density at radius 3 is 2.73 bits per heavy atom. The van der Waals surface area contributed by atoms with Crippen molar-refractivity contribution in [2.45, 2.75) is 18.9 Å². The fraction of sp³-hybridized carbons (Fsp3) is 0.571. The molecule has 0 bridgehead atoms. The first-order valence-corrected chi connectivity index (χ1v) is 2.99. The number of carbonyl (C=O) groups excluding carboxylic acids is 1. The van der Waals surface area contributed by atoms with Crippen molar-refractivity contribution in [2.24, 2.45) is 5.73 Å². The molecule has 0 aliphatic rings. The number of hydrogen-bond acceptors (Lipinski definition) is 3. The van der Waals surface area contributed by atoms with E-state index in [2.05, 4.69) is 10.7 Å². The highest BCUT2D eigenvalue weighted by Gasteiger charge is 2.02. The standard InChI is InChI=1S/C7H11NO2.ClH/c1-3-6(8)4-5-7(9)10-2;/h1,6H,4-5,8H2,2H3;1H. The van der Waals surface area contributed by atoms with Crippen molar-refractivity contribution in [3.8, 4) is 12.3 Å². The van der Waals surface area contributed by atoms with Crippen LogP contribution in [-0.2, 0) is 9.53 Å². The lowest BCUT2D eigenvalue weighted by Crippen LogP contribution is -2.18. The molecule has 0 aliphatic heterocycles. The van der Waals surface area contributed by atoms with Crippen molar-refractivity contribution in [3.05, 3.63) is 0 Å². The number of ether oxygens (including phenoxy) is 1. The molecule has 64 valence electrons. The van der Waals surface area contributed by atoms with Gasteiger partial charge in [0.1, 0.15) is 0 Å². The quantitative estimate of drug-likeness (QED) is 0.499. The third-order valence-electron chi connectivity index (χ3n) is 1.10. The van der Waals surface area contributed by atoms with Gasteiger partial charge in [-0.1, -0.05) is 5.92 Å². The number of rotatable bonds is 3. The molecule has 11 heavy (non-hydrogen) atoms. The Bertz CT molecular complexity index is 153. The van der Waals surface area contributed by atoms with Crippen LogP contribution in [0.1, 0.15) is 12.8 Å². The van der Waals surface area contributed by atoms with Crippen molar-refractivity contribution in [3.63, 3.8) is 0 Å². The fourth-order valence-electron chi connectivity index (χ4n) is 0.459. The lowest BCUT2D eigenvalue weighted by Gasteiger charge is -2.00. The molecule has 0 fully saturated rings. The molecular weight excluding hydrogens is 166 g/mol. The smallest absolute Gasteiger partial charge is 0.305 e. The van der Waals surface area contributed by atoms with Crippen LogP contribution in [0.3, 0.4) is 0 Å². The predicted molar refractivity (Wildman–Crippen MR) is 45.3 cm³/mol. The summed E-state index contributed by atoms with van der Waals surface area (Å²) in [7, 11) is 1.34. The van der Waals surface area contributed by atoms with E-state index in [-0.39, 0.29) is 24.4 Å². The van der Waals surface area contributed by atoms with Crippen LogP contribution < -0.4 is 5.73 Å². The van der Waals surface area contributed by atoms with Gasteiger partial charge in [-0.2, -0.15) is 0 Å². The van der Waals surface area contributed by atoms with Gasteiger partial charge in [-0.25, -0.2) is 0 Å². The van der Waals surface area contributed by atoms with Crippen LogP contribution >= 0.6 is 12.4 Å². The first-order valence-electron chi connectivity index (χ1n) is 2.99. The fourth-order valence-corrected chi connectivity index (χ4v) is 0.459. The third-order valence-corrected chi connectivity index (χ3v) is 1.10. The van der Waals surface area contributed by atoms with Crippen molar-refractivity contribution >= 4 is 18.4 Å². The van der Waals surface area contributed by atoms with Crippen LogP contribution in [0.4, 0.5) is 0 Å². The van der Waals surface area contributed by atoms with E-state index >= 15 is 0 Å². The maximum absolute atomic E-state index is 10.5. The Hall–Kier alpha value is -0.720. The van der Waals surface area contributed by atoms with Gasteiger partial charge in [0, 0.05) is 6.42 Å². The van der Waals surface area contributed by atoms with Gasteiger partial charge < -0.3 is 10.5 Å². The van der Waals surface area contributed by atoms with Crippen molar-refractivity contribution in [2.75, 3.05) is 7.11 Å². The molecule has 0 aromatic carbocycles. The summed E-state index contributed by atoms with van der Waals surface area (Å²) in [4.78, 5) is 10.5. The molecule has 3 nitrogen and oxygen atoms in total. The van der Waals surface area contributed by atoms with E-state index in [1.165, 1.54) is 7.11 Å². The molecule has 0 aromatic rings. The van der Waals surface area contributed by atoms with Gasteiger partial charge in [0.15, 0.2) is 0 Å². The number of carbonyl (C=O) groups is 1. The van der Waals surface area contributed by atoms with Crippen LogP contribution in [0.2, 0.25) is 0 Å². The number of halogens is 1. The van der Waals surface area contributed by atoms with E-state index in [1.54, 1.807) is 0 Å². The monoisotopic (exact) mass is 177 g/mol. The van der Waals surface area contributed by atoms with E-state index in [4.69, 9.17) is 12.2 Å². The topological polar surface area (TPSA) is 52.3 Å². The van der Waals surface area contributed by atoms with Crippen LogP contribution in [0.15, 0.2) is 0 Å². The van der Waals surface area contributed by atoms with Gasteiger partial charge in [-0.15, -0.1) is 18.8 Å². The van der Waals surface area contributed by atoms with E-state index < -0.39 is 0 Å². The summed E-state index contributed by atoms with van der Waals surface area (Å²) < 4.78 is 4.38. The summed E-state index contributed by atoms with van der Waals surface area (Å²) in [6, 6.07) is -0.334. The predicted octanol–water partition coefficient (Wildman–Crippen LogP) is 0.322. The largest absolute Gasteiger partial charge is 0.469 e. The highest BCUT2D eigenvalue weighted by molar-refractivity contribution is 5.85. The van der Waals surface area contributed by atoms with Crippen LogP contribution in [0, 0.1) is 12.3 Å². The second-order valence-electron chi connectivity index (χ2n) is 1.89. The molecule has 1 atom stereocenters. The molecule has 1 unspecified atom stereocenters. The average molecular weight is 178 g/mol. The van der Waals surface area contributed by atoms with E-state index in [0.717, 1.165) is 0 Å². The minimum Gasteiger partial charge on any atom is -0.469 e. The molecule has 2 N–H and O–H groups in total. The van der Waals surface area contributed by atoms with Crippen LogP contribution in [0.5, 0.6) is 0 Å². The SMILES string of the molecule is C#CC(N)CCC(=O)OC.Cl. The van der Waals surface area contributed by atoms with Gasteiger partial charge in [0.05, 0.1) is 13.2 Å². The van der Waals surface area contributed by atoms with Gasteiger partial charge in [0.25, 0.3) is 0 Å². The summed E-state index contributed by atoms with van der Waals surface area (Å²) in [6.07, 6.45) is 5.76. The summed E-state index contributed by atoms with van der Waals surface area (Å²) in [6.45, 7) is 0. The van der Waals surface area contributed by atoms with Crippen LogP contribution in [-0.4, -0.2) is 19.1 Å². The van der Waals surface area contributed by atoms with Crippen molar-refractivity contribution < 1.29 is 9.53 Å². The van der Waals surface area contributed by atoms with Crippen molar-refractivity contribution in [1.82, 2.24) is 0 Å². The number of hydrogen-bond donors (Lipinski definition) is 1. The first-order chi connectivity index (χ1) is 4.70. The van der Waals surface area contributed by atoms with E-state index in [0.29, 0.717) is 12.8 Å². The number of esters is 1. The summed E-state index contributed by atoms with van der Waals surface area (Å²) in [5, 5.41) is 0. The Labute approximate surface area is 72.7 Å². The molecular formula is C7H12ClNO2. The zero-order chi connectivity index (χ0) is 7.98. The van der Waals surface area contributed by atoms with Gasteiger partial charge >= 0.3 is 5.97 Å². The molecule has 0 aromatic heterocycles. The van der Waals surface area contributed by atoms with Gasteiger partial charge in [-0.05, 0) is 6.42 Å². The maximum Gasteiger partial charge on any atom is 0.305 e. The molecule has 0 rings (SSSR count). The molecule has 0 saturated carbocycles. The highest BCUT2D eigenvalue weighted by atomic mass is 35.5. The Kier molecular flexibility index (Phi) is 8.67. The second kappa shape index (κ2) is 7.39. The Morgan fingerprint density at radius 2 is 2.36 bits per heavy atom. The summed E-state index contributed by atoms with van der Waals surface area (Å²) >= 11 is 0. The molecule has 0 spiro atoms. The third kappa shape index (κ3) is 7.17. The number of terminal acetylenes is 1. The molecule has 4 heteroatoms. The van der Waals surface area contributed by atoms with Crippen molar-refractivity contribution in [1.29, 1.82) is 0 Å². The van der Waals surface area contributed by atoms with E-state index in [9.17, 15) is 4.79 Å². The molecule has 0 heterocycles. The normalized spacial score (nSPS) is 10.6. The highest BCUT2D eigenvalue weighted by Crippen LogP contribution is 1.94. The average Bonchev–Trinajstić information content (AvgIpc) is 1.99. The Morgan fingerprint density at radius 1 is 1.82 bits per heavy atom. The molecule has 0 aliphatic carbocycles. The zero-order valence-corrected chi connectivity index (χ0v) is 7.19. The maximum atomic E-state index is 10.5. The molecule has 0 radical (unpaired) electrons. The Balaban J connectivity index is 0. The van der Waals surface area contributed by atoms with Crippen LogP contribution in [0.25, 0.3) is 0 Å². The lowest BCUT2D eigenvalue weighted by molar-refractivity contribution is -0.140. The summed E-state index contributed by atoms with van der Waals surface area (Å²) in [5.74, 6) is 2.04. The minimum absolute atomic E-state index is 0. The van der Waals surface area contributed by atoms with Gasteiger partial charge in [0.2, 0.25) is 0 Å². The second-order valence-corrected chi connectivity index (χ2v) is 1.89. The zero-order valence-electron chi connectivity index (χ0n) is 6.37. The summed E-state index contributed by atoms with van der Waals surface area (Å²) in [5.41, 5.74) is 5.33. The van der Waals surface area contributed by atoms with Gasteiger partial charge in [-0.3, -0.25) is 4.79 Å². The van der Waals surface area contributed by atoms with E-state index in [1.807, 2.05) is 0 Å². The molecule has 0 amide bonds. The molecule has 0 saturated heterocycles. The number of nitrogens with two attached hydrogens (primary N) is 1.